The van der Waals surface area contributed by atoms with Gasteiger partial charge in [-0.15, -0.1) is 12.4 Å². The van der Waals surface area contributed by atoms with E-state index in [2.05, 4.69) is 11.4 Å². The number of hydrogen-bond donors (Lipinski definition) is 1. The fourth-order valence-corrected chi connectivity index (χ4v) is 3.12. The van der Waals surface area contributed by atoms with Crippen LogP contribution >= 0.6 is 12.4 Å². The van der Waals surface area contributed by atoms with E-state index in [1.165, 1.54) is 17.7 Å². The summed E-state index contributed by atoms with van der Waals surface area (Å²) in [5.74, 6) is 2.02. The van der Waals surface area contributed by atoms with Gasteiger partial charge in [-0.2, -0.15) is 0 Å². The smallest absolute Gasteiger partial charge is 0.166 e. The molecule has 0 saturated heterocycles. The largest absolute Gasteiger partial charge is 0.496 e. The Morgan fingerprint density at radius 2 is 1.47 bits per heavy atom. The highest BCUT2D eigenvalue weighted by molar-refractivity contribution is 5.85. The van der Waals surface area contributed by atoms with E-state index in [1.807, 2.05) is 36.4 Å². The summed E-state index contributed by atoms with van der Waals surface area (Å²) >= 11 is 0. The second kappa shape index (κ2) is 12.1. The zero-order valence-corrected chi connectivity index (χ0v) is 18.0. The maximum Gasteiger partial charge on any atom is 0.166 e. The van der Waals surface area contributed by atoms with Crippen LogP contribution in [0.25, 0.3) is 0 Å². The predicted octanol–water partition coefficient (Wildman–Crippen LogP) is 5.18. The van der Waals surface area contributed by atoms with Crippen LogP contribution in [0.15, 0.2) is 66.7 Å². The molecule has 1 N–H and O–H groups in total. The number of methoxy groups -OCH3 is 2. The average Bonchev–Trinajstić information content (AvgIpc) is 2.76. The quantitative estimate of drug-likeness (QED) is 0.449. The van der Waals surface area contributed by atoms with E-state index in [-0.39, 0.29) is 18.2 Å². The third kappa shape index (κ3) is 6.37. The molecule has 0 saturated carbocycles. The molecule has 0 radical (unpaired) electrons. The molecule has 0 aliphatic carbocycles. The van der Waals surface area contributed by atoms with E-state index in [4.69, 9.17) is 14.2 Å². The summed E-state index contributed by atoms with van der Waals surface area (Å²) < 4.78 is 30.0. The van der Waals surface area contributed by atoms with Gasteiger partial charge in [-0.3, -0.25) is 0 Å². The van der Waals surface area contributed by atoms with Crippen LogP contribution in [-0.4, -0.2) is 20.8 Å². The van der Waals surface area contributed by atoms with Crippen molar-refractivity contribution in [3.63, 3.8) is 0 Å². The second-order valence-corrected chi connectivity index (χ2v) is 6.60. The van der Waals surface area contributed by atoms with Gasteiger partial charge in [0, 0.05) is 12.1 Å². The first-order valence-electron chi connectivity index (χ1n) is 9.57. The van der Waals surface area contributed by atoms with Crippen molar-refractivity contribution in [2.45, 2.75) is 19.6 Å². The lowest BCUT2D eigenvalue weighted by Crippen LogP contribution is -2.17. The number of benzene rings is 3. The minimum atomic E-state index is -0.258. The molecule has 0 fully saturated rings. The number of ether oxygens (including phenoxy) is 3. The van der Waals surface area contributed by atoms with Crippen LogP contribution in [0.3, 0.4) is 0 Å². The number of hydrogen-bond acceptors (Lipinski definition) is 4. The van der Waals surface area contributed by atoms with Gasteiger partial charge < -0.3 is 19.5 Å². The third-order valence-corrected chi connectivity index (χ3v) is 4.66. The van der Waals surface area contributed by atoms with Crippen LogP contribution in [0, 0.1) is 5.82 Å². The fraction of sp³-hybridized carbons (Fsp3) is 0.250. The zero-order chi connectivity index (χ0) is 20.5. The average molecular weight is 432 g/mol. The SMILES string of the molecule is COc1ccccc1CCNCc1cccc(OC)c1OCc1ccc(F)cc1.Cl. The van der Waals surface area contributed by atoms with Gasteiger partial charge in [0.2, 0.25) is 0 Å². The number of halogens is 2. The molecule has 3 rings (SSSR count). The summed E-state index contributed by atoms with van der Waals surface area (Å²) in [6, 6.07) is 20.2. The summed E-state index contributed by atoms with van der Waals surface area (Å²) in [5.41, 5.74) is 3.07. The molecular formula is C24H27ClFNO3. The molecule has 0 heterocycles. The lowest BCUT2D eigenvalue weighted by molar-refractivity contribution is 0.280. The van der Waals surface area contributed by atoms with E-state index >= 15 is 0 Å². The zero-order valence-electron chi connectivity index (χ0n) is 17.2. The summed E-state index contributed by atoms with van der Waals surface area (Å²) in [6.07, 6.45) is 0.861. The Balaban J connectivity index is 0.00000320. The van der Waals surface area contributed by atoms with Gasteiger partial charge in [0.15, 0.2) is 11.5 Å². The summed E-state index contributed by atoms with van der Waals surface area (Å²) in [5, 5.41) is 3.46. The molecule has 0 atom stereocenters. The van der Waals surface area contributed by atoms with Gasteiger partial charge in [0.25, 0.3) is 0 Å². The van der Waals surface area contributed by atoms with Crippen molar-refractivity contribution < 1.29 is 18.6 Å². The van der Waals surface area contributed by atoms with Crippen LogP contribution in [0.2, 0.25) is 0 Å². The Hall–Kier alpha value is -2.76. The highest BCUT2D eigenvalue weighted by Gasteiger charge is 2.11. The topological polar surface area (TPSA) is 39.7 Å². The van der Waals surface area contributed by atoms with Crippen molar-refractivity contribution in [3.05, 3.63) is 89.2 Å². The van der Waals surface area contributed by atoms with Crippen LogP contribution in [-0.2, 0) is 19.6 Å². The molecule has 4 nitrogen and oxygen atoms in total. The molecule has 3 aromatic rings. The first-order valence-corrected chi connectivity index (χ1v) is 9.57. The number of rotatable bonds is 10. The van der Waals surface area contributed by atoms with Gasteiger partial charge in [0.05, 0.1) is 14.2 Å². The molecule has 0 spiro atoms. The third-order valence-electron chi connectivity index (χ3n) is 4.66. The van der Waals surface area contributed by atoms with E-state index in [1.54, 1.807) is 26.4 Å². The van der Waals surface area contributed by atoms with Crippen LogP contribution in [0.4, 0.5) is 4.39 Å². The molecule has 30 heavy (non-hydrogen) atoms. The van der Waals surface area contributed by atoms with Crippen molar-refractivity contribution in [3.8, 4) is 17.2 Å². The highest BCUT2D eigenvalue weighted by Crippen LogP contribution is 2.32. The monoisotopic (exact) mass is 431 g/mol. The predicted molar refractivity (Wildman–Crippen MR) is 119 cm³/mol. The summed E-state index contributed by atoms with van der Waals surface area (Å²) in [6.45, 7) is 1.79. The molecule has 6 heteroatoms. The number of nitrogens with one attached hydrogen (secondary N) is 1. The van der Waals surface area contributed by atoms with Crippen molar-refractivity contribution in [2.24, 2.45) is 0 Å². The molecule has 0 aliphatic rings. The molecule has 160 valence electrons. The Labute approximate surface area is 183 Å². The normalized spacial score (nSPS) is 10.2. The molecule has 3 aromatic carbocycles. The van der Waals surface area contributed by atoms with Gasteiger partial charge in [-0.05, 0) is 48.4 Å². The minimum absolute atomic E-state index is 0. The summed E-state index contributed by atoms with van der Waals surface area (Å²) in [7, 11) is 3.31. The second-order valence-electron chi connectivity index (χ2n) is 6.60. The van der Waals surface area contributed by atoms with Gasteiger partial charge in [-0.1, -0.05) is 42.5 Å². The fourth-order valence-electron chi connectivity index (χ4n) is 3.12. The first-order chi connectivity index (χ1) is 14.2. The standard InChI is InChI=1S/C24H26FNO3.ClH/c1-27-22-8-4-3-6-19(22)14-15-26-16-20-7-5-9-23(28-2)24(20)29-17-18-10-12-21(25)13-11-18;/h3-13,26H,14-17H2,1-2H3;1H. The minimum Gasteiger partial charge on any atom is -0.496 e. The van der Waals surface area contributed by atoms with E-state index < -0.39 is 0 Å². The number of para-hydroxylation sites is 2. The first kappa shape index (κ1) is 23.5. The Kier molecular flexibility index (Phi) is 9.45. The Bertz CT molecular complexity index is 919. The van der Waals surface area contributed by atoms with E-state index in [0.29, 0.717) is 24.7 Å². The van der Waals surface area contributed by atoms with Crippen LogP contribution in [0.5, 0.6) is 17.2 Å². The molecule has 0 unspecified atom stereocenters. The van der Waals surface area contributed by atoms with Crippen molar-refractivity contribution in [1.29, 1.82) is 0 Å². The molecule has 0 aliphatic heterocycles. The highest BCUT2D eigenvalue weighted by atomic mass is 35.5. The molecular weight excluding hydrogens is 405 g/mol. The van der Waals surface area contributed by atoms with Gasteiger partial charge >= 0.3 is 0 Å². The maximum atomic E-state index is 13.1. The van der Waals surface area contributed by atoms with E-state index in [0.717, 1.165) is 29.8 Å². The Morgan fingerprint density at radius 1 is 0.800 bits per heavy atom. The van der Waals surface area contributed by atoms with Gasteiger partial charge in [0.1, 0.15) is 18.2 Å². The molecule has 0 bridgehead atoms. The van der Waals surface area contributed by atoms with E-state index in [9.17, 15) is 4.39 Å². The lowest BCUT2D eigenvalue weighted by Gasteiger charge is -2.16. The van der Waals surface area contributed by atoms with Crippen LogP contribution < -0.4 is 19.5 Å². The van der Waals surface area contributed by atoms with Crippen molar-refractivity contribution in [2.75, 3.05) is 20.8 Å². The molecule has 0 aromatic heterocycles. The summed E-state index contributed by atoms with van der Waals surface area (Å²) in [4.78, 5) is 0. The molecule has 0 amide bonds. The van der Waals surface area contributed by atoms with Crippen LogP contribution in [0.1, 0.15) is 16.7 Å². The van der Waals surface area contributed by atoms with Crippen molar-refractivity contribution >= 4 is 12.4 Å². The maximum absolute atomic E-state index is 13.1. The van der Waals surface area contributed by atoms with Crippen molar-refractivity contribution in [1.82, 2.24) is 5.32 Å². The van der Waals surface area contributed by atoms with Gasteiger partial charge in [-0.25, -0.2) is 4.39 Å². The lowest BCUT2D eigenvalue weighted by atomic mass is 10.1. The Morgan fingerprint density at radius 3 is 2.20 bits per heavy atom.